The van der Waals surface area contributed by atoms with E-state index in [2.05, 4.69) is 29.9 Å². The van der Waals surface area contributed by atoms with Crippen molar-refractivity contribution >= 4 is 34.0 Å². The van der Waals surface area contributed by atoms with Gasteiger partial charge in [-0.15, -0.1) is 11.3 Å². The van der Waals surface area contributed by atoms with Gasteiger partial charge in [-0.1, -0.05) is 13.3 Å². The molecule has 4 rings (SSSR count). The first-order valence-corrected chi connectivity index (χ1v) is 11.6. The quantitative estimate of drug-likeness (QED) is 0.445. The van der Waals surface area contributed by atoms with Crippen molar-refractivity contribution in [3.05, 3.63) is 45.8 Å². The molecule has 0 spiro atoms. The summed E-state index contributed by atoms with van der Waals surface area (Å²) in [6.45, 7) is 7.66. The average molecular weight is 443 g/mol. The van der Waals surface area contributed by atoms with Gasteiger partial charge in [-0.3, -0.25) is 4.79 Å². The molecule has 1 fully saturated rings. The van der Waals surface area contributed by atoms with E-state index in [0.717, 1.165) is 41.7 Å². The van der Waals surface area contributed by atoms with Crippen molar-refractivity contribution in [2.45, 2.75) is 26.2 Å². The third kappa shape index (κ3) is 4.80. The zero-order valence-electron chi connectivity index (χ0n) is 18.0. The predicted molar refractivity (Wildman–Crippen MR) is 123 cm³/mol. The lowest BCUT2D eigenvalue weighted by Crippen LogP contribution is -2.57. The van der Waals surface area contributed by atoms with Crippen LogP contribution >= 0.6 is 11.3 Å². The Morgan fingerprint density at radius 3 is 2.77 bits per heavy atom. The molecule has 1 N–H and O–H groups in total. The Morgan fingerprint density at radius 2 is 2.06 bits per heavy atom. The summed E-state index contributed by atoms with van der Waals surface area (Å²) >= 11 is 1.25. The second-order valence-electron chi connectivity index (χ2n) is 8.52. The highest BCUT2D eigenvalue weighted by Gasteiger charge is 2.28. The molecule has 1 saturated heterocycles. The highest BCUT2D eigenvalue weighted by molar-refractivity contribution is 7.13. The Morgan fingerprint density at radius 1 is 1.29 bits per heavy atom. The number of rotatable bonds is 7. The molecule has 0 radical (unpaired) electrons. The van der Waals surface area contributed by atoms with Crippen molar-refractivity contribution in [2.75, 3.05) is 44.7 Å². The van der Waals surface area contributed by atoms with E-state index in [0.29, 0.717) is 21.8 Å². The highest BCUT2D eigenvalue weighted by Crippen LogP contribution is 2.28. The van der Waals surface area contributed by atoms with E-state index < -0.39 is 11.6 Å². The maximum absolute atomic E-state index is 12.6. The summed E-state index contributed by atoms with van der Waals surface area (Å²) in [6.07, 6.45) is 2.33. The molecule has 31 heavy (non-hydrogen) atoms. The van der Waals surface area contributed by atoms with Crippen molar-refractivity contribution < 1.29 is 18.8 Å². The molecule has 8 heteroatoms. The van der Waals surface area contributed by atoms with Crippen LogP contribution in [0.3, 0.4) is 0 Å². The van der Waals surface area contributed by atoms with Crippen LogP contribution in [-0.4, -0.2) is 60.3 Å². The smallest absolute Gasteiger partial charge is 0.346 e. The van der Waals surface area contributed by atoms with Crippen LogP contribution in [0.15, 0.2) is 38.9 Å². The molecular weight excluding hydrogens is 414 g/mol. The summed E-state index contributed by atoms with van der Waals surface area (Å²) in [5.41, 5.74) is 1.98. The zero-order valence-corrected chi connectivity index (χ0v) is 18.8. The van der Waals surface area contributed by atoms with Gasteiger partial charge in [0.25, 0.3) is 0 Å². The van der Waals surface area contributed by atoms with E-state index in [1.807, 2.05) is 12.1 Å². The molecule has 0 unspecified atom stereocenters. The average Bonchev–Trinajstić information content (AvgIpc) is 3.19. The monoisotopic (exact) mass is 442 g/mol. The number of benzene rings is 1. The molecule has 0 amide bonds. The van der Waals surface area contributed by atoms with E-state index in [1.165, 1.54) is 30.7 Å². The predicted octanol–water partition coefficient (Wildman–Crippen LogP) is 3.61. The molecule has 0 saturated carbocycles. The lowest BCUT2D eigenvalue weighted by Gasteiger charge is -2.43. The van der Waals surface area contributed by atoms with Crippen LogP contribution < -0.4 is 10.5 Å². The Bertz CT molecular complexity index is 1150. The molecule has 0 aliphatic carbocycles. The number of likely N-dealkylation sites (N-methyl/N-ethyl adjacent to an activating group) is 1. The lowest BCUT2D eigenvalue weighted by molar-refractivity contribution is -0.910. The van der Waals surface area contributed by atoms with Crippen LogP contribution in [0.1, 0.15) is 25.5 Å². The second kappa shape index (κ2) is 8.80. The molecule has 1 aromatic carbocycles. The number of unbranched alkanes of at least 4 members (excludes halogenated alkanes) is 1. The van der Waals surface area contributed by atoms with Gasteiger partial charge in [0.15, 0.2) is 0 Å². The number of hydrogen-bond acceptors (Lipinski definition) is 6. The van der Waals surface area contributed by atoms with E-state index in [9.17, 15) is 9.59 Å². The van der Waals surface area contributed by atoms with Crippen molar-refractivity contribution in [1.29, 1.82) is 0 Å². The minimum absolute atomic E-state index is 0.162. The number of nitrogens with zero attached hydrogens (tertiary/aromatic N) is 3. The van der Waals surface area contributed by atoms with E-state index in [-0.39, 0.29) is 6.42 Å². The van der Waals surface area contributed by atoms with Gasteiger partial charge in [0.2, 0.25) is 0 Å². The SMILES string of the molecule is CCCC[N+]1(C)CCN(c2ccc3cc(-c4nc(CC(=O)O)cs4)c(=O)oc3c2)CC1. The fourth-order valence-electron chi connectivity index (χ4n) is 4.08. The van der Waals surface area contributed by atoms with E-state index in [4.69, 9.17) is 9.52 Å². The number of quaternary nitrogens is 1. The van der Waals surface area contributed by atoms with E-state index >= 15 is 0 Å². The second-order valence-corrected chi connectivity index (χ2v) is 9.37. The van der Waals surface area contributed by atoms with Gasteiger partial charge in [0, 0.05) is 22.5 Å². The Balaban J connectivity index is 1.54. The van der Waals surface area contributed by atoms with Crippen molar-refractivity contribution in [1.82, 2.24) is 4.98 Å². The zero-order chi connectivity index (χ0) is 22.0. The first kappa shape index (κ1) is 21.5. The number of carboxylic acids is 1. The minimum Gasteiger partial charge on any atom is -0.481 e. The Hall–Kier alpha value is -2.71. The van der Waals surface area contributed by atoms with E-state index in [1.54, 1.807) is 11.4 Å². The van der Waals surface area contributed by atoms with Crippen molar-refractivity contribution in [2.24, 2.45) is 0 Å². The van der Waals surface area contributed by atoms with Crippen LogP contribution in [-0.2, 0) is 11.2 Å². The molecule has 164 valence electrons. The van der Waals surface area contributed by atoms with Gasteiger partial charge in [0.05, 0.1) is 57.4 Å². The topological polar surface area (TPSA) is 83.6 Å². The number of aromatic nitrogens is 1. The minimum atomic E-state index is -0.947. The standard InChI is InChI=1S/C23H27N3O4S/c1-3-4-9-26(2)10-7-25(8-11-26)18-6-5-16-12-19(23(29)30-20(16)14-18)22-24-17(15-31-22)13-21(27)28/h5-6,12,14-15H,3-4,7-11,13H2,1-2H3/p+1. The number of anilines is 1. The fourth-order valence-corrected chi connectivity index (χ4v) is 4.90. The van der Waals surface area contributed by atoms with Gasteiger partial charge in [-0.2, -0.15) is 0 Å². The first-order valence-electron chi connectivity index (χ1n) is 10.7. The maximum Gasteiger partial charge on any atom is 0.346 e. The molecule has 2 aromatic heterocycles. The largest absolute Gasteiger partial charge is 0.481 e. The number of aliphatic carboxylic acids is 1. The van der Waals surface area contributed by atoms with Gasteiger partial charge < -0.3 is 18.9 Å². The van der Waals surface area contributed by atoms with Crippen molar-refractivity contribution in [3.8, 4) is 10.6 Å². The molecule has 3 heterocycles. The molecule has 7 nitrogen and oxygen atoms in total. The van der Waals surface area contributed by atoms with Gasteiger partial charge in [-0.05, 0) is 24.6 Å². The summed E-state index contributed by atoms with van der Waals surface area (Å²) in [7, 11) is 2.34. The first-order chi connectivity index (χ1) is 14.9. The number of fused-ring (bicyclic) bond motifs is 1. The molecule has 3 aromatic rings. The third-order valence-corrected chi connectivity index (χ3v) is 6.99. The number of carboxylic acid groups (broad SMARTS) is 1. The van der Waals surface area contributed by atoms with Crippen LogP contribution in [0.4, 0.5) is 5.69 Å². The summed E-state index contributed by atoms with van der Waals surface area (Å²) < 4.78 is 6.75. The number of thiazole rings is 1. The number of piperazine rings is 1. The number of carbonyl (C=O) groups is 1. The summed E-state index contributed by atoms with van der Waals surface area (Å²) in [5, 5.41) is 11.9. The van der Waals surface area contributed by atoms with Gasteiger partial charge >= 0.3 is 11.6 Å². The maximum atomic E-state index is 12.6. The summed E-state index contributed by atoms with van der Waals surface area (Å²) in [4.78, 5) is 30.1. The lowest BCUT2D eigenvalue weighted by atomic mass is 10.1. The summed E-state index contributed by atoms with van der Waals surface area (Å²) in [6, 6.07) is 7.78. The van der Waals surface area contributed by atoms with Crippen LogP contribution in [0.25, 0.3) is 21.5 Å². The van der Waals surface area contributed by atoms with Crippen LogP contribution in [0.2, 0.25) is 0 Å². The molecule has 1 aliphatic rings. The third-order valence-electron chi connectivity index (χ3n) is 6.07. The number of hydrogen-bond donors (Lipinski definition) is 1. The molecule has 0 atom stereocenters. The normalized spacial score (nSPS) is 16.0. The summed E-state index contributed by atoms with van der Waals surface area (Å²) in [5.74, 6) is -0.947. The van der Waals surface area contributed by atoms with Crippen LogP contribution in [0, 0.1) is 0 Å². The fraction of sp³-hybridized carbons (Fsp3) is 0.435. The Kier molecular flexibility index (Phi) is 6.11. The van der Waals surface area contributed by atoms with Crippen LogP contribution in [0.5, 0.6) is 0 Å². The highest BCUT2D eigenvalue weighted by atomic mass is 32.1. The molecule has 0 bridgehead atoms. The van der Waals surface area contributed by atoms with Gasteiger partial charge in [-0.25, -0.2) is 9.78 Å². The Labute approximate surface area is 185 Å². The molecule has 1 aliphatic heterocycles. The van der Waals surface area contributed by atoms with Crippen molar-refractivity contribution in [3.63, 3.8) is 0 Å². The molecular formula is C23H28N3O4S+. The van der Waals surface area contributed by atoms with Gasteiger partial charge in [0.1, 0.15) is 10.6 Å².